The molecule has 1 aliphatic heterocycles. The lowest BCUT2D eigenvalue weighted by Gasteiger charge is -2.33. The zero-order chi connectivity index (χ0) is 18.7. The highest BCUT2D eigenvalue weighted by Crippen LogP contribution is 2.32. The lowest BCUT2D eigenvalue weighted by molar-refractivity contribution is -0.117. The van der Waals surface area contributed by atoms with Crippen molar-refractivity contribution in [2.45, 2.75) is 57.7 Å². The first-order chi connectivity index (χ1) is 12.5. The Morgan fingerprint density at radius 2 is 1.96 bits per heavy atom. The number of aliphatic imine (C=N–C) groups is 1. The van der Waals surface area contributed by atoms with Gasteiger partial charge in [0.05, 0.1) is 11.7 Å². The SMILES string of the molecule is CC(=O)N(c1ccc(Cl)cc1F)C1CSC(=NC2CCCCCC2)N1C.Cl. The molecule has 1 amide bonds. The summed E-state index contributed by atoms with van der Waals surface area (Å²) in [6.07, 6.45) is 7.05. The summed E-state index contributed by atoms with van der Waals surface area (Å²) in [4.78, 5) is 20.8. The van der Waals surface area contributed by atoms with Gasteiger partial charge in [-0.25, -0.2) is 4.39 Å². The van der Waals surface area contributed by atoms with Crippen LogP contribution in [0.5, 0.6) is 0 Å². The number of halogens is 3. The summed E-state index contributed by atoms with van der Waals surface area (Å²) in [7, 11) is 1.93. The molecule has 2 aliphatic rings. The van der Waals surface area contributed by atoms with Crippen LogP contribution in [-0.2, 0) is 4.79 Å². The molecule has 0 aromatic heterocycles. The highest BCUT2D eigenvalue weighted by atomic mass is 35.5. The number of carbonyl (C=O) groups excluding carboxylic acids is 1. The van der Waals surface area contributed by atoms with E-state index in [2.05, 4.69) is 0 Å². The molecule has 2 fully saturated rings. The van der Waals surface area contributed by atoms with Crippen LogP contribution in [0.25, 0.3) is 0 Å². The van der Waals surface area contributed by atoms with Crippen LogP contribution >= 0.6 is 35.8 Å². The number of benzene rings is 1. The van der Waals surface area contributed by atoms with Gasteiger partial charge in [-0.15, -0.1) is 12.4 Å². The van der Waals surface area contributed by atoms with Crippen molar-refractivity contribution in [1.82, 2.24) is 4.90 Å². The molecular weight excluding hydrogens is 408 g/mol. The first-order valence-electron chi connectivity index (χ1n) is 9.15. The van der Waals surface area contributed by atoms with Gasteiger partial charge in [-0.2, -0.15) is 0 Å². The molecule has 4 nitrogen and oxygen atoms in total. The molecule has 1 heterocycles. The number of amides is 1. The fourth-order valence-corrected chi connectivity index (χ4v) is 5.00. The quantitative estimate of drug-likeness (QED) is 0.603. The zero-order valence-corrected chi connectivity index (χ0v) is 18.0. The van der Waals surface area contributed by atoms with Gasteiger partial charge in [0.2, 0.25) is 5.91 Å². The second-order valence-corrected chi connectivity index (χ2v) is 8.37. The highest BCUT2D eigenvalue weighted by molar-refractivity contribution is 8.14. The third-order valence-electron chi connectivity index (χ3n) is 5.03. The molecule has 1 atom stereocenters. The molecule has 3 rings (SSSR count). The van der Waals surface area contributed by atoms with Crippen LogP contribution in [0, 0.1) is 5.82 Å². The van der Waals surface area contributed by atoms with Gasteiger partial charge in [0.15, 0.2) is 5.17 Å². The Hall–Kier alpha value is -0.980. The van der Waals surface area contributed by atoms with E-state index in [0.29, 0.717) is 16.8 Å². The molecule has 1 unspecified atom stereocenters. The maximum absolute atomic E-state index is 14.4. The van der Waals surface area contributed by atoms with Gasteiger partial charge in [0.25, 0.3) is 0 Å². The summed E-state index contributed by atoms with van der Waals surface area (Å²) >= 11 is 7.50. The molecule has 150 valence electrons. The summed E-state index contributed by atoms with van der Waals surface area (Å²) < 4.78 is 14.4. The molecule has 1 saturated heterocycles. The second-order valence-electron chi connectivity index (χ2n) is 6.94. The number of rotatable bonds is 3. The molecule has 1 saturated carbocycles. The average molecular weight is 434 g/mol. The van der Waals surface area contributed by atoms with E-state index in [-0.39, 0.29) is 30.2 Å². The summed E-state index contributed by atoms with van der Waals surface area (Å²) in [6, 6.07) is 4.78. The molecule has 8 heteroatoms. The molecule has 1 aromatic carbocycles. The van der Waals surface area contributed by atoms with E-state index < -0.39 is 5.82 Å². The minimum Gasteiger partial charge on any atom is -0.333 e. The lowest BCUT2D eigenvalue weighted by atomic mass is 10.1. The van der Waals surface area contributed by atoms with E-state index in [4.69, 9.17) is 16.6 Å². The number of carbonyl (C=O) groups is 1. The number of thioether (sulfide) groups is 1. The van der Waals surface area contributed by atoms with Crippen LogP contribution < -0.4 is 4.90 Å². The Bertz CT molecular complexity index is 696. The van der Waals surface area contributed by atoms with Crippen LogP contribution in [0.1, 0.15) is 45.4 Å². The summed E-state index contributed by atoms with van der Waals surface area (Å²) in [6.45, 7) is 1.47. The van der Waals surface area contributed by atoms with E-state index in [9.17, 15) is 9.18 Å². The minimum atomic E-state index is -0.486. The van der Waals surface area contributed by atoms with E-state index in [1.807, 2.05) is 11.9 Å². The minimum absolute atomic E-state index is 0. The Labute approximate surface area is 175 Å². The Morgan fingerprint density at radius 3 is 2.56 bits per heavy atom. The smallest absolute Gasteiger partial charge is 0.225 e. The van der Waals surface area contributed by atoms with Crippen molar-refractivity contribution in [3.8, 4) is 0 Å². The molecule has 27 heavy (non-hydrogen) atoms. The second kappa shape index (κ2) is 9.99. The summed E-state index contributed by atoms with van der Waals surface area (Å²) in [5, 5.41) is 1.27. The van der Waals surface area contributed by atoms with E-state index >= 15 is 0 Å². The monoisotopic (exact) mass is 433 g/mol. The standard InChI is InChI=1S/C19H25ClFN3OS.ClH/c1-13(25)24(17-10-9-14(20)11-16(17)21)18-12-26-19(23(18)2)22-15-7-5-3-4-6-8-15;/h9-11,15,18H,3-8,12H2,1-2H3;1H. The zero-order valence-electron chi connectivity index (χ0n) is 15.7. The van der Waals surface area contributed by atoms with E-state index in [0.717, 1.165) is 18.0 Å². The van der Waals surface area contributed by atoms with Crippen LogP contribution in [-0.4, -0.2) is 41.0 Å². The van der Waals surface area contributed by atoms with Gasteiger partial charge in [-0.05, 0) is 31.0 Å². The fraction of sp³-hybridized carbons (Fsp3) is 0.579. The largest absolute Gasteiger partial charge is 0.333 e. The molecule has 1 aromatic rings. The molecule has 0 spiro atoms. The van der Waals surface area contributed by atoms with Crippen molar-refractivity contribution in [2.24, 2.45) is 4.99 Å². The maximum atomic E-state index is 14.4. The fourth-order valence-electron chi connectivity index (χ4n) is 3.63. The van der Waals surface area contributed by atoms with Gasteiger partial charge in [0, 0.05) is 24.7 Å². The third kappa shape index (κ3) is 5.30. The Balaban J connectivity index is 0.00000261. The highest BCUT2D eigenvalue weighted by Gasteiger charge is 2.36. The molecule has 0 N–H and O–H groups in total. The molecule has 1 aliphatic carbocycles. The molecule has 0 radical (unpaired) electrons. The van der Waals surface area contributed by atoms with Crippen molar-refractivity contribution in [2.75, 3.05) is 17.7 Å². The Kier molecular flexibility index (Phi) is 8.25. The maximum Gasteiger partial charge on any atom is 0.225 e. The predicted octanol–water partition coefficient (Wildman–Crippen LogP) is 5.34. The van der Waals surface area contributed by atoms with Gasteiger partial charge in [-0.3, -0.25) is 14.7 Å². The molecule has 0 bridgehead atoms. The Morgan fingerprint density at radius 1 is 1.30 bits per heavy atom. The van der Waals surface area contributed by atoms with Crippen molar-refractivity contribution in [3.05, 3.63) is 29.0 Å². The van der Waals surface area contributed by atoms with Gasteiger partial charge >= 0.3 is 0 Å². The summed E-state index contributed by atoms with van der Waals surface area (Å²) in [5.74, 6) is -0.0105. The number of amidine groups is 1. The van der Waals surface area contributed by atoms with Crippen LogP contribution in [0.4, 0.5) is 10.1 Å². The third-order valence-corrected chi connectivity index (χ3v) is 6.39. The van der Waals surface area contributed by atoms with Gasteiger partial charge < -0.3 is 4.90 Å². The number of hydrogen-bond donors (Lipinski definition) is 0. The molecular formula is C19H26Cl2FN3OS. The van der Waals surface area contributed by atoms with E-state index in [1.165, 1.54) is 43.6 Å². The lowest BCUT2D eigenvalue weighted by Crippen LogP contribution is -2.48. The van der Waals surface area contributed by atoms with Crippen molar-refractivity contribution < 1.29 is 9.18 Å². The number of hydrogen-bond acceptors (Lipinski definition) is 3. The number of anilines is 1. The summed E-state index contributed by atoms with van der Waals surface area (Å²) in [5.41, 5.74) is 0.259. The first-order valence-corrected chi connectivity index (χ1v) is 10.5. The first kappa shape index (κ1) is 22.3. The van der Waals surface area contributed by atoms with Crippen LogP contribution in [0.15, 0.2) is 23.2 Å². The number of nitrogens with zero attached hydrogens (tertiary/aromatic N) is 3. The van der Waals surface area contributed by atoms with Gasteiger partial charge in [-0.1, -0.05) is 49.0 Å². The topological polar surface area (TPSA) is 35.9 Å². The van der Waals surface area contributed by atoms with Crippen LogP contribution in [0.2, 0.25) is 5.02 Å². The average Bonchev–Trinajstić information content (AvgIpc) is 2.79. The van der Waals surface area contributed by atoms with Crippen molar-refractivity contribution >= 4 is 52.5 Å². The normalized spacial score (nSPS) is 22.4. The van der Waals surface area contributed by atoms with Crippen molar-refractivity contribution in [1.29, 1.82) is 0 Å². The van der Waals surface area contributed by atoms with E-state index in [1.54, 1.807) is 23.9 Å². The van der Waals surface area contributed by atoms with Crippen molar-refractivity contribution in [3.63, 3.8) is 0 Å². The predicted molar refractivity (Wildman–Crippen MR) is 115 cm³/mol. The van der Waals surface area contributed by atoms with Crippen LogP contribution in [0.3, 0.4) is 0 Å². The van der Waals surface area contributed by atoms with Gasteiger partial charge in [0.1, 0.15) is 12.0 Å².